The number of rotatable bonds is 5. The number of hydrogen-bond donors (Lipinski definition) is 0. The summed E-state index contributed by atoms with van der Waals surface area (Å²) in [4.78, 5) is 12.4. The quantitative estimate of drug-likeness (QED) is 0.621. The van der Waals surface area contributed by atoms with Crippen molar-refractivity contribution in [1.82, 2.24) is 0 Å². The van der Waals surface area contributed by atoms with E-state index in [4.69, 9.17) is 16.3 Å². The van der Waals surface area contributed by atoms with Gasteiger partial charge in [0.2, 0.25) is 0 Å². The summed E-state index contributed by atoms with van der Waals surface area (Å²) in [6.07, 6.45) is 0. The van der Waals surface area contributed by atoms with Gasteiger partial charge in [0.15, 0.2) is 0 Å². The molecule has 21 heavy (non-hydrogen) atoms. The molecule has 0 saturated heterocycles. The van der Waals surface area contributed by atoms with Gasteiger partial charge in [-0.3, -0.25) is 10.1 Å². The van der Waals surface area contributed by atoms with Gasteiger partial charge in [0.1, 0.15) is 10.8 Å². The van der Waals surface area contributed by atoms with Gasteiger partial charge in [-0.2, -0.15) is 0 Å². The molecule has 2 rings (SSSR count). The van der Waals surface area contributed by atoms with E-state index >= 15 is 0 Å². The Balaban J connectivity index is 2.16. The van der Waals surface area contributed by atoms with E-state index in [2.05, 4.69) is 0 Å². The van der Waals surface area contributed by atoms with Crippen LogP contribution in [0.4, 0.5) is 11.4 Å². The molecule has 0 unspecified atom stereocenters. The van der Waals surface area contributed by atoms with Crippen molar-refractivity contribution < 1.29 is 9.66 Å². The summed E-state index contributed by atoms with van der Waals surface area (Å²) in [7, 11) is 3.54. The maximum absolute atomic E-state index is 10.9. The molecule has 0 bridgehead atoms. The topological polar surface area (TPSA) is 55.6 Å². The molecule has 0 amide bonds. The van der Waals surface area contributed by atoms with Crippen LogP contribution in [0.15, 0.2) is 42.5 Å². The predicted molar refractivity (Wildman–Crippen MR) is 83.2 cm³/mol. The molecule has 0 atom stereocenters. The molecular weight excluding hydrogens is 292 g/mol. The van der Waals surface area contributed by atoms with Gasteiger partial charge in [0.25, 0.3) is 5.69 Å². The Kier molecular flexibility index (Phi) is 4.65. The molecule has 0 aliphatic heterocycles. The van der Waals surface area contributed by atoms with Crippen molar-refractivity contribution in [2.75, 3.05) is 19.1 Å². The lowest BCUT2D eigenvalue weighted by molar-refractivity contribution is -0.384. The van der Waals surface area contributed by atoms with Crippen LogP contribution >= 0.6 is 11.6 Å². The van der Waals surface area contributed by atoms with Crippen LogP contribution in [0.3, 0.4) is 0 Å². The summed E-state index contributed by atoms with van der Waals surface area (Å²) >= 11 is 5.81. The van der Waals surface area contributed by atoms with Crippen molar-refractivity contribution in [1.29, 1.82) is 0 Å². The molecular formula is C15H15ClN2O3. The molecule has 0 aliphatic rings. The van der Waals surface area contributed by atoms with Gasteiger partial charge in [-0.1, -0.05) is 17.7 Å². The Bertz CT molecular complexity index is 644. The summed E-state index contributed by atoms with van der Waals surface area (Å²) in [5, 5.41) is 11.0. The van der Waals surface area contributed by atoms with Gasteiger partial charge in [0.05, 0.1) is 12.0 Å². The number of ether oxygens (including phenoxy) is 1. The molecule has 2 aromatic rings. The van der Waals surface area contributed by atoms with Gasteiger partial charge in [0, 0.05) is 25.3 Å². The van der Waals surface area contributed by atoms with Gasteiger partial charge in [-0.25, -0.2) is 0 Å². The predicted octanol–water partition coefficient (Wildman–Crippen LogP) is 3.89. The Morgan fingerprint density at radius 3 is 2.48 bits per heavy atom. The first-order valence-corrected chi connectivity index (χ1v) is 6.67. The molecule has 5 nitrogen and oxygen atoms in total. The van der Waals surface area contributed by atoms with E-state index in [1.54, 1.807) is 19.2 Å². The zero-order valence-corrected chi connectivity index (χ0v) is 12.5. The van der Waals surface area contributed by atoms with Gasteiger partial charge in [-0.05, 0) is 35.9 Å². The standard InChI is InChI=1S/C15H15ClN2O3/c1-17(12-4-6-13(21-2)7-5-12)10-11-3-8-14(16)15(9-11)18(19)20/h3-9H,10H2,1-2H3. The highest BCUT2D eigenvalue weighted by atomic mass is 35.5. The summed E-state index contributed by atoms with van der Waals surface area (Å²) in [6, 6.07) is 12.5. The lowest BCUT2D eigenvalue weighted by atomic mass is 10.2. The van der Waals surface area contributed by atoms with Crippen LogP contribution in [-0.2, 0) is 6.54 Å². The first kappa shape index (κ1) is 15.1. The number of benzene rings is 2. The smallest absolute Gasteiger partial charge is 0.288 e. The third-order valence-corrected chi connectivity index (χ3v) is 3.46. The maximum atomic E-state index is 10.9. The van der Waals surface area contributed by atoms with Crippen LogP contribution < -0.4 is 9.64 Å². The molecule has 0 aliphatic carbocycles. The fraction of sp³-hybridized carbons (Fsp3) is 0.200. The summed E-state index contributed by atoms with van der Waals surface area (Å²) in [6.45, 7) is 0.546. The van der Waals surface area contributed by atoms with E-state index in [0.717, 1.165) is 17.0 Å². The van der Waals surface area contributed by atoms with Crippen molar-refractivity contribution >= 4 is 23.0 Å². The fourth-order valence-corrected chi connectivity index (χ4v) is 2.18. The minimum atomic E-state index is -0.473. The van der Waals surface area contributed by atoms with Gasteiger partial charge >= 0.3 is 0 Å². The lowest BCUT2D eigenvalue weighted by Gasteiger charge is -2.19. The minimum absolute atomic E-state index is 0.0719. The highest BCUT2D eigenvalue weighted by molar-refractivity contribution is 6.32. The molecule has 2 aromatic carbocycles. The number of nitro groups is 1. The molecule has 0 radical (unpaired) electrons. The van der Waals surface area contributed by atoms with E-state index < -0.39 is 4.92 Å². The Hall–Kier alpha value is -2.27. The second-order valence-corrected chi connectivity index (χ2v) is 5.00. The monoisotopic (exact) mass is 306 g/mol. The van der Waals surface area contributed by atoms with E-state index in [9.17, 15) is 10.1 Å². The zero-order chi connectivity index (χ0) is 15.4. The van der Waals surface area contributed by atoms with Crippen LogP contribution in [0.25, 0.3) is 0 Å². The molecule has 0 fully saturated rings. The molecule has 0 heterocycles. The average molecular weight is 307 g/mol. The van der Waals surface area contributed by atoms with E-state index in [1.807, 2.05) is 36.2 Å². The number of nitro benzene ring substituents is 1. The summed E-state index contributed by atoms with van der Waals surface area (Å²) in [5.74, 6) is 0.786. The van der Waals surface area contributed by atoms with Gasteiger partial charge in [-0.15, -0.1) is 0 Å². The van der Waals surface area contributed by atoms with Crippen molar-refractivity contribution in [3.8, 4) is 5.75 Å². The number of halogens is 1. The number of hydrogen-bond acceptors (Lipinski definition) is 4. The number of methoxy groups -OCH3 is 1. The van der Waals surface area contributed by atoms with Crippen molar-refractivity contribution in [2.45, 2.75) is 6.54 Å². The van der Waals surface area contributed by atoms with Crippen LogP contribution in [0.2, 0.25) is 5.02 Å². The maximum Gasteiger partial charge on any atom is 0.288 e. The third kappa shape index (κ3) is 3.64. The SMILES string of the molecule is COc1ccc(N(C)Cc2ccc(Cl)c([N+](=O)[O-])c2)cc1. The first-order chi connectivity index (χ1) is 10.0. The highest BCUT2D eigenvalue weighted by Crippen LogP contribution is 2.26. The Morgan fingerprint density at radius 1 is 1.24 bits per heavy atom. The number of anilines is 1. The van der Waals surface area contributed by atoms with E-state index in [1.165, 1.54) is 6.07 Å². The highest BCUT2D eigenvalue weighted by Gasteiger charge is 2.13. The summed E-state index contributed by atoms with van der Waals surface area (Å²) < 4.78 is 5.11. The Morgan fingerprint density at radius 2 is 1.90 bits per heavy atom. The first-order valence-electron chi connectivity index (χ1n) is 6.29. The normalized spacial score (nSPS) is 10.2. The van der Waals surface area contributed by atoms with Crippen LogP contribution in [0, 0.1) is 10.1 Å². The van der Waals surface area contributed by atoms with E-state index in [0.29, 0.717) is 6.54 Å². The third-order valence-electron chi connectivity index (χ3n) is 3.14. The molecule has 0 N–H and O–H groups in total. The number of nitrogens with zero attached hydrogens (tertiary/aromatic N) is 2. The van der Waals surface area contributed by atoms with E-state index in [-0.39, 0.29) is 10.7 Å². The van der Waals surface area contributed by atoms with Crippen LogP contribution in [0.5, 0.6) is 5.75 Å². The fourth-order valence-electron chi connectivity index (χ4n) is 2.00. The second kappa shape index (κ2) is 6.45. The second-order valence-electron chi connectivity index (χ2n) is 4.60. The molecule has 6 heteroatoms. The Labute approximate surface area is 127 Å². The zero-order valence-electron chi connectivity index (χ0n) is 11.7. The largest absolute Gasteiger partial charge is 0.497 e. The van der Waals surface area contributed by atoms with Crippen LogP contribution in [0.1, 0.15) is 5.56 Å². The van der Waals surface area contributed by atoms with Gasteiger partial charge < -0.3 is 9.64 Å². The lowest BCUT2D eigenvalue weighted by Crippen LogP contribution is -2.16. The minimum Gasteiger partial charge on any atom is -0.497 e. The van der Waals surface area contributed by atoms with Crippen molar-refractivity contribution in [2.24, 2.45) is 0 Å². The summed E-state index contributed by atoms with van der Waals surface area (Å²) in [5.41, 5.74) is 1.75. The average Bonchev–Trinajstić information content (AvgIpc) is 2.49. The molecule has 0 spiro atoms. The molecule has 110 valence electrons. The molecule has 0 aromatic heterocycles. The molecule has 0 saturated carbocycles. The van der Waals surface area contributed by atoms with Crippen LogP contribution in [-0.4, -0.2) is 19.1 Å². The van der Waals surface area contributed by atoms with Crippen molar-refractivity contribution in [3.05, 3.63) is 63.2 Å². The van der Waals surface area contributed by atoms with Crippen molar-refractivity contribution in [3.63, 3.8) is 0 Å².